The van der Waals surface area contributed by atoms with Gasteiger partial charge >= 0.3 is 0 Å². The number of unbranched alkanes of at least 4 members (excludes halogenated alkanes) is 1. The smallest absolute Gasteiger partial charge is 0.0692 e. The Morgan fingerprint density at radius 2 is 2.19 bits per heavy atom. The molecule has 0 radical (unpaired) electrons. The summed E-state index contributed by atoms with van der Waals surface area (Å²) in [5.74, 6) is 2.68. The summed E-state index contributed by atoms with van der Waals surface area (Å²) in [5, 5.41) is 3.60. The summed E-state index contributed by atoms with van der Waals surface area (Å²) in [7, 11) is 0. The lowest BCUT2D eigenvalue weighted by atomic mass is 9.86. The highest BCUT2D eigenvalue weighted by Gasteiger charge is 2.33. The molecule has 0 aliphatic carbocycles. The van der Waals surface area contributed by atoms with E-state index in [9.17, 15) is 0 Å². The lowest BCUT2D eigenvalue weighted by Crippen LogP contribution is -2.46. The van der Waals surface area contributed by atoms with Gasteiger partial charge in [-0.1, -0.05) is 13.8 Å². The van der Waals surface area contributed by atoms with E-state index in [0.29, 0.717) is 6.04 Å². The van der Waals surface area contributed by atoms with Crippen molar-refractivity contribution in [1.29, 1.82) is 0 Å². The van der Waals surface area contributed by atoms with E-state index in [0.717, 1.165) is 51.7 Å². The second kappa shape index (κ2) is 6.93. The Morgan fingerprint density at radius 3 is 2.81 bits per heavy atom. The van der Waals surface area contributed by atoms with Crippen molar-refractivity contribution in [3.63, 3.8) is 0 Å². The zero-order chi connectivity index (χ0) is 11.9. The third-order valence-electron chi connectivity index (χ3n) is 3.71. The van der Waals surface area contributed by atoms with Gasteiger partial charge in [0.05, 0.1) is 5.60 Å². The number of rotatable bonds is 6. The average molecular weight is 223 g/mol. The summed E-state index contributed by atoms with van der Waals surface area (Å²) >= 11 is 0. The van der Waals surface area contributed by atoms with E-state index >= 15 is 0 Å². The van der Waals surface area contributed by atoms with Crippen molar-refractivity contribution >= 4 is 0 Å². The SMILES string of the molecule is C#CCCCNC1CCOC(CC)(CC)C1. The van der Waals surface area contributed by atoms with E-state index in [2.05, 4.69) is 25.1 Å². The standard InChI is InChI=1S/C14H25NO/c1-4-7-8-10-15-13-9-11-16-14(5-2,6-3)12-13/h1,13,15H,5-12H2,2-3H3. The van der Waals surface area contributed by atoms with Crippen molar-refractivity contribution < 1.29 is 4.74 Å². The Hall–Kier alpha value is -0.520. The third kappa shape index (κ3) is 3.81. The summed E-state index contributed by atoms with van der Waals surface area (Å²) in [6, 6.07) is 0.617. The first-order valence-corrected chi connectivity index (χ1v) is 6.57. The molecular weight excluding hydrogens is 198 g/mol. The van der Waals surface area contributed by atoms with Crippen LogP contribution in [0.4, 0.5) is 0 Å². The zero-order valence-electron chi connectivity index (χ0n) is 10.7. The van der Waals surface area contributed by atoms with E-state index in [1.54, 1.807) is 0 Å². The minimum Gasteiger partial charge on any atom is -0.375 e. The van der Waals surface area contributed by atoms with Gasteiger partial charge in [-0.15, -0.1) is 12.3 Å². The van der Waals surface area contributed by atoms with Crippen LogP contribution in [-0.4, -0.2) is 24.8 Å². The Labute approximate surface area is 100 Å². The Morgan fingerprint density at radius 1 is 1.44 bits per heavy atom. The van der Waals surface area contributed by atoms with Gasteiger partial charge in [0.25, 0.3) is 0 Å². The van der Waals surface area contributed by atoms with Crippen molar-refractivity contribution in [2.24, 2.45) is 0 Å². The fourth-order valence-electron chi connectivity index (χ4n) is 2.44. The number of ether oxygens (including phenoxy) is 1. The summed E-state index contributed by atoms with van der Waals surface area (Å²) in [6.45, 7) is 6.39. The molecule has 2 nitrogen and oxygen atoms in total. The summed E-state index contributed by atoms with van der Waals surface area (Å²) in [6.07, 6.45) is 11.7. The van der Waals surface area contributed by atoms with Gasteiger partial charge < -0.3 is 10.1 Å². The Kier molecular flexibility index (Phi) is 5.87. The molecule has 92 valence electrons. The van der Waals surface area contributed by atoms with Crippen LogP contribution in [0.15, 0.2) is 0 Å². The van der Waals surface area contributed by atoms with Crippen LogP contribution < -0.4 is 5.32 Å². The van der Waals surface area contributed by atoms with Crippen molar-refractivity contribution in [1.82, 2.24) is 5.32 Å². The van der Waals surface area contributed by atoms with Crippen molar-refractivity contribution in [3.8, 4) is 12.3 Å². The highest BCUT2D eigenvalue weighted by molar-refractivity contribution is 4.88. The van der Waals surface area contributed by atoms with Crippen LogP contribution in [0.25, 0.3) is 0 Å². The van der Waals surface area contributed by atoms with Crippen molar-refractivity contribution in [3.05, 3.63) is 0 Å². The Bertz CT molecular complexity index is 227. The molecule has 1 N–H and O–H groups in total. The van der Waals surface area contributed by atoms with Crippen LogP contribution in [0.1, 0.15) is 52.4 Å². The number of hydrogen-bond donors (Lipinski definition) is 1. The first kappa shape index (κ1) is 13.5. The minimum atomic E-state index is 0.127. The van der Waals surface area contributed by atoms with Gasteiger partial charge in [0.1, 0.15) is 0 Å². The third-order valence-corrected chi connectivity index (χ3v) is 3.71. The number of hydrogen-bond acceptors (Lipinski definition) is 2. The van der Waals surface area contributed by atoms with Crippen molar-refractivity contribution in [2.75, 3.05) is 13.2 Å². The van der Waals surface area contributed by atoms with Crippen LogP contribution in [0.2, 0.25) is 0 Å². The molecule has 0 aromatic carbocycles. The van der Waals surface area contributed by atoms with Crippen LogP contribution in [0.3, 0.4) is 0 Å². The van der Waals surface area contributed by atoms with E-state index in [4.69, 9.17) is 11.2 Å². The molecule has 0 aromatic rings. The quantitative estimate of drug-likeness (QED) is 0.552. The molecule has 1 saturated heterocycles. The lowest BCUT2D eigenvalue weighted by molar-refractivity contribution is -0.0929. The maximum absolute atomic E-state index is 5.95. The van der Waals surface area contributed by atoms with Gasteiger partial charge in [0.15, 0.2) is 0 Å². The molecule has 1 aliphatic rings. The highest BCUT2D eigenvalue weighted by Crippen LogP contribution is 2.31. The van der Waals surface area contributed by atoms with Crippen LogP contribution in [0.5, 0.6) is 0 Å². The molecule has 1 rings (SSSR count). The fraction of sp³-hybridized carbons (Fsp3) is 0.857. The highest BCUT2D eigenvalue weighted by atomic mass is 16.5. The molecular formula is C14H25NO. The Balaban J connectivity index is 2.30. The van der Waals surface area contributed by atoms with Gasteiger partial charge in [0.2, 0.25) is 0 Å². The van der Waals surface area contributed by atoms with Gasteiger partial charge in [-0.3, -0.25) is 0 Å². The largest absolute Gasteiger partial charge is 0.375 e. The maximum atomic E-state index is 5.95. The van der Waals surface area contributed by atoms with Crippen LogP contribution >= 0.6 is 0 Å². The van der Waals surface area contributed by atoms with E-state index in [1.165, 1.54) is 0 Å². The molecule has 0 amide bonds. The molecule has 1 unspecified atom stereocenters. The van der Waals surface area contributed by atoms with Gasteiger partial charge in [-0.25, -0.2) is 0 Å². The molecule has 16 heavy (non-hydrogen) atoms. The van der Waals surface area contributed by atoms with Gasteiger partial charge in [0, 0.05) is 19.1 Å². The number of nitrogens with one attached hydrogen (secondary N) is 1. The van der Waals surface area contributed by atoms with Crippen molar-refractivity contribution in [2.45, 2.75) is 64.0 Å². The van der Waals surface area contributed by atoms with Gasteiger partial charge in [-0.05, 0) is 38.6 Å². The predicted octanol–water partition coefficient (Wildman–Crippen LogP) is 2.73. The maximum Gasteiger partial charge on any atom is 0.0692 e. The van der Waals surface area contributed by atoms with E-state index in [-0.39, 0.29) is 5.60 Å². The molecule has 0 aromatic heterocycles. The average Bonchev–Trinajstić information content (AvgIpc) is 2.35. The number of terminal acetylenes is 1. The zero-order valence-corrected chi connectivity index (χ0v) is 10.7. The first-order chi connectivity index (χ1) is 7.76. The molecule has 1 fully saturated rings. The monoisotopic (exact) mass is 223 g/mol. The molecule has 2 heteroatoms. The molecule has 1 aliphatic heterocycles. The normalized spacial score (nSPS) is 23.9. The molecule has 1 atom stereocenters. The topological polar surface area (TPSA) is 21.3 Å². The molecule has 0 bridgehead atoms. The summed E-state index contributed by atoms with van der Waals surface area (Å²) in [4.78, 5) is 0. The molecule has 0 spiro atoms. The van der Waals surface area contributed by atoms with Crippen LogP contribution in [0, 0.1) is 12.3 Å². The first-order valence-electron chi connectivity index (χ1n) is 6.57. The molecule has 1 heterocycles. The lowest BCUT2D eigenvalue weighted by Gasteiger charge is -2.40. The van der Waals surface area contributed by atoms with E-state index in [1.807, 2.05) is 0 Å². The summed E-state index contributed by atoms with van der Waals surface area (Å²) < 4.78 is 5.95. The van der Waals surface area contributed by atoms with Gasteiger partial charge in [-0.2, -0.15) is 0 Å². The minimum absolute atomic E-state index is 0.127. The van der Waals surface area contributed by atoms with Crippen LogP contribution in [-0.2, 0) is 4.74 Å². The fourth-order valence-corrected chi connectivity index (χ4v) is 2.44. The second-order valence-corrected chi connectivity index (χ2v) is 4.69. The second-order valence-electron chi connectivity index (χ2n) is 4.69. The molecule has 0 saturated carbocycles. The predicted molar refractivity (Wildman–Crippen MR) is 68.4 cm³/mol. The summed E-state index contributed by atoms with van der Waals surface area (Å²) in [5.41, 5.74) is 0.127. The van der Waals surface area contributed by atoms with E-state index < -0.39 is 0 Å².